The predicted molar refractivity (Wildman–Crippen MR) is 72.6 cm³/mol. The lowest BCUT2D eigenvalue weighted by Crippen LogP contribution is -2.47. The van der Waals surface area contributed by atoms with Gasteiger partial charge in [0.05, 0.1) is 20.8 Å². The van der Waals surface area contributed by atoms with E-state index in [2.05, 4.69) is 15.9 Å². The number of carbonyl (C=O) groups excluding carboxylic acids is 1. The summed E-state index contributed by atoms with van der Waals surface area (Å²) >= 11 is 4.82. The quantitative estimate of drug-likeness (QED) is 0.871. The number of rotatable bonds is 3. The molecule has 1 aliphatic heterocycles. The van der Waals surface area contributed by atoms with Crippen LogP contribution < -0.4 is 0 Å². The molecule has 1 saturated heterocycles. The van der Waals surface area contributed by atoms with Crippen LogP contribution in [0.4, 0.5) is 0 Å². The zero-order chi connectivity index (χ0) is 12.5. The van der Waals surface area contributed by atoms with Crippen LogP contribution in [0.2, 0.25) is 0 Å². The summed E-state index contributed by atoms with van der Waals surface area (Å²) in [6.45, 7) is 3.73. The van der Waals surface area contributed by atoms with Crippen LogP contribution in [-0.2, 0) is 0 Å². The fourth-order valence-electron chi connectivity index (χ4n) is 2.20. The first kappa shape index (κ1) is 13.2. The largest absolute Gasteiger partial charge is 0.389 e. The smallest absolute Gasteiger partial charge is 0.186 e. The molecule has 0 bridgehead atoms. The standard InChI is InChI=1S/C12H16BrNO2S/c1-12(16)5-2-6-14(8-12)7-9(15)10-3-4-11(13)17-10/h3-4,16H,2,5-8H2,1H3. The molecule has 1 unspecified atom stereocenters. The average molecular weight is 318 g/mol. The number of hydrogen-bond acceptors (Lipinski definition) is 4. The number of thiophene rings is 1. The first-order valence-electron chi connectivity index (χ1n) is 5.69. The number of β-amino-alcohol motifs (C(OH)–C–C–N with tert-alkyl or cyclic N) is 1. The van der Waals surface area contributed by atoms with Gasteiger partial charge in [0, 0.05) is 6.54 Å². The van der Waals surface area contributed by atoms with Crippen molar-refractivity contribution >= 4 is 33.0 Å². The van der Waals surface area contributed by atoms with Crippen molar-refractivity contribution in [3.05, 3.63) is 20.8 Å². The molecule has 94 valence electrons. The molecule has 2 rings (SSSR count). The van der Waals surface area contributed by atoms with Crippen molar-refractivity contribution in [2.75, 3.05) is 19.6 Å². The molecule has 2 heterocycles. The fraction of sp³-hybridized carbons (Fsp3) is 0.583. The minimum atomic E-state index is -0.644. The molecule has 0 saturated carbocycles. The van der Waals surface area contributed by atoms with Gasteiger partial charge >= 0.3 is 0 Å². The van der Waals surface area contributed by atoms with Crippen molar-refractivity contribution in [2.24, 2.45) is 0 Å². The summed E-state index contributed by atoms with van der Waals surface area (Å²) in [7, 11) is 0. The van der Waals surface area contributed by atoms with E-state index in [9.17, 15) is 9.90 Å². The Balaban J connectivity index is 1.95. The van der Waals surface area contributed by atoms with Crippen molar-refractivity contribution in [2.45, 2.75) is 25.4 Å². The Kier molecular flexibility index (Phi) is 4.02. The van der Waals surface area contributed by atoms with Crippen molar-refractivity contribution in [3.63, 3.8) is 0 Å². The van der Waals surface area contributed by atoms with Crippen LogP contribution in [0.3, 0.4) is 0 Å². The Hall–Kier alpha value is -0.230. The van der Waals surface area contributed by atoms with Gasteiger partial charge in [-0.15, -0.1) is 11.3 Å². The second kappa shape index (κ2) is 5.18. The summed E-state index contributed by atoms with van der Waals surface area (Å²) in [4.78, 5) is 14.8. The number of likely N-dealkylation sites (tertiary alicyclic amines) is 1. The van der Waals surface area contributed by atoms with E-state index in [1.807, 2.05) is 24.0 Å². The molecule has 1 N–H and O–H groups in total. The minimum Gasteiger partial charge on any atom is -0.389 e. The van der Waals surface area contributed by atoms with Gasteiger partial charge in [-0.05, 0) is 54.4 Å². The SMILES string of the molecule is CC1(O)CCCN(CC(=O)c2ccc(Br)s2)C1. The molecule has 17 heavy (non-hydrogen) atoms. The molecule has 0 aliphatic carbocycles. The van der Waals surface area contributed by atoms with Crippen LogP contribution >= 0.6 is 27.3 Å². The lowest BCUT2D eigenvalue weighted by Gasteiger charge is -2.36. The number of ketones is 1. The van der Waals surface area contributed by atoms with Crippen LogP contribution in [-0.4, -0.2) is 41.0 Å². The highest BCUT2D eigenvalue weighted by Gasteiger charge is 2.29. The van der Waals surface area contributed by atoms with E-state index in [1.54, 1.807) is 0 Å². The molecule has 1 aliphatic rings. The first-order chi connectivity index (χ1) is 7.96. The zero-order valence-corrected chi connectivity index (χ0v) is 12.2. The number of nitrogens with zero attached hydrogens (tertiary/aromatic N) is 1. The number of halogens is 1. The van der Waals surface area contributed by atoms with E-state index in [-0.39, 0.29) is 5.78 Å². The maximum absolute atomic E-state index is 12.0. The Morgan fingerprint density at radius 1 is 1.65 bits per heavy atom. The van der Waals surface area contributed by atoms with Gasteiger partial charge in [-0.2, -0.15) is 0 Å². The van der Waals surface area contributed by atoms with Crippen molar-refractivity contribution in [3.8, 4) is 0 Å². The second-order valence-corrected chi connectivity index (χ2v) is 7.30. The molecule has 1 aromatic rings. The highest BCUT2D eigenvalue weighted by Crippen LogP contribution is 2.24. The Labute approximate surface area is 114 Å². The number of Topliss-reactive ketones (excluding diaryl/α,β-unsaturated/α-hetero) is 1. The Morgan fingerprint density at radius 3 is 3.00 bits per heavy atom. The summed E-state index contributed by atoms with van der Waals surface area (Å²) in [5.41, 5.74) is -0.644. The summed E-state index contributed by atoms with van der Waals surface area (Å²) in [5, 5.41) is 9.97. The normalized spacial score (nSPS) is 26.1. The Morgan fingerprint density at radius 2 is 2.41 bits per heavy atom. The molecule has 0 aromatic carbocycles. The lowest BCUT2D eigenvalue weighted by molar-refractivity contribution is -0.0132. The lowest BCUT2D eigenvalue weighted by atomic mass is 9.95. The second-order valence-electron chi connectivity index (χ2n) is 4.84. The number of carbonyl (C=O) groups is 1. The fourth-order valence-corrected chi connectivity index (χ4v) is 3.52. The van der Waals surface area contributed by atoms with Gasteiger partial charge in [-0.25, -0.2) is 0 Å². The number of hydrogen-bond donors (Lipinski definition) is 1. The highest BCUT2D eigenvalue weighted by atomic mass is 79.9. The van der Waals surface area contributed by atoms with Crippen molar-refractivity contribution < 1.29 is 9.90 Å². The molecule has 1 fully saturated rings. The van der Waals surface area contributed by atoms with E-state index in [0.717, 1.165) is 28.0 Å². The summed E-state index contributed by atoms with van der Waals surface area (Å²) in [6.07, 6.45) is 1.77. The average Bonchev–Trinajstić information content (AvgIpc) is 2.63. The number of piperidine rings is 1. The van der Waals surface area contributed by atoms with Crippen molar-refractivity contribution in [1.29, 1.82) is 0 Å². The molecular weight excluding hydrogens is 302 g/mol. The van der Waals surface area contributed by atoms with Gasteiger partial charge < -0.3 is 5.11 Å². The zero-order valence-electron chi connectivity index (χ0n) is 9.78. The van der Waals surface area contributed by atoms with Gasteiger partial charge in [-0.3, -0.25) is 9.69 Å². The molecular formula is C12H16BrNO2S. The molecule has 0 spiro atoms. The van der Waals surface area contributed by atoms with Gasteiger partial charge in [0.1, 0.15) is 0 Å². The minimum absolute atomic E-state index is 0.137. The van der Waals surface area contributed by atoms with E-state index >= 15 is 0 Å². The van der Waals surface area contributed by atoms with Crippen LogP contribution in [0.1, 0.15) is 29.4 Å². The van der Waals surface area contributed by atoms with Crippen LogP contribution in [0.25, 0.3) is 0 Å². The molecule has 1 atom stereocenters. The van der Waals surface area contributed by atoms with Gasteiger partial charge in [0.15, 0.2) is 5.78 Å². The van der Waals surface area contributed by atoms with E-state index in [1.165, 1.54) is 11.3 Å². The van der Waals surface area contributed by atoms with Crippen LogP contribution in [0, 0.1) is 0 Å². The van der Waals surface area contributed by atoms with Gasteiger partial charge in [0.2, 0.25) is 0 Å². The molecule has 3 nitrogen and oxygen atoms in total. The van der Waals surface area contributed by atoms with Crippen LogP contribution in [0.5, 0.6) is 0 Å². The predicted octanol–water partition coefficient (Wildman–Crippen LogP) is 2.54. The topological polar surface area (TPSA) is 40.5 Å². The van der Waals surface area contributed by atoms with E-state index in [4.69, 9.17) is 0 Å². The van der Waals surface area contributed by atoms with Crippen molar-refractivity contribution in [1.82, 2.24) is 4.90 Å². The van der Waals surface area contributed by atoms with E-state index in [0.29, 0.717) is 13.1 Å². The third kappa shape index (κ3) is 3.61. The van der Waals surface area contributed by atoms with Gasteiger partial charge in [0.25, 0.3) is 0 Å². The first-order valence-corrected chi connectivity index (χ1v) is 7.30. The summed E-state index contributed by atoms with van der Waals surface area (Å²) < 4.78 is 0.978. The summed E-state index contributed by atoms with van der Waals surface area (Å²) in [6, 6.07) is 3.74. The molecule has 0 amide bonds. The molecule has 1 aromatic heterocycles. The monoisotopic (exact) mass is 317 g/mol. The van der Waals surface area contributed by atoms with Crippen LogP contribution in [0.15, 0.2) is 15.9 Å². The third-order valence-electron chi connectivity index (χ3n) is 2.97. The highest BCUT2D eigenvalue weighted by molar-refractivity contribution is 9.11. The maximum Gasteiger partial charge on any atom is 0.186 e. The maximum atomic E-state index is 12.0. The van der Waals surface area contributed by atoms with Gasteiger partial charge in [-0.1, -0.05) is 0 Å². The molecule has 0 radical (unpaired) electrons. The Bertz CT molecular complexity index is 416. The number of aliphatic hydroxyl groups is 1. The summed E-state index contributed by atoms with van der Waals surface area (Å²) in [5.74, 6) is 0.137. The van der Waals surface area contributed by atoms with E-state index < -0.39 is 5.60 Å². The molecule has 5 heteroatoms. The third-order valence-corrected chi connectivity index (χ3v) is 4.63.